The predicted molar refractivity (Wildman–Crippen MR) is 156 cm³/mol. The molecule has 0 saturated carbocycles. The summed E-state index contributed by atoms with van der Waals surface area (Å²) in [6, 6.07) is 10.7. The summed E-state index contributed by atoms with van der Waals surface area (Å²) in [7, 11) is 0. The van der Waals surface area contributed by atoms with Crippen LogP contribution < -0.4 is 5.32 Å². The molecule has 1 aliphatic heterocycles. The average molecular weight is 592 g/mol. The molecule has 1 aliphatic rings. The number of piperazine rings is 1. The summed E-state index contributed by atoms with van der Waals surface area (Å²) < 4.78 is 47.0. The van der Waals surface area contributed by atoms with E-state index < -0.39 is 17.6 Å². The molecule has 8 nitrogen and oxygen atoms in total. The minimum absolute atomic E-state index is 0.205. The molecule has 3 heterocycles. The lowest BCUT2D eigenvalue weighted by molar-refractivity contribution is -0.138. The van der Waals surface area contributed by atoms with Crippen molar-refractivity contribution in [1.82, 2.24) is 19.9 Å². The van der Waals surface area contributed by atoms with Gasteiger partial charge in [-0.3, -0.25) is 19.5 Å². The Labute approximate surface area is 247 Å². The first kappa shape index (κ1) is 30.1. The van der Waals surface area contributed by atoms with Gasteiger partial charge in [-0.1, -0.05) is 36.3 Å². The highest BCUT2D eigenvalue weighted by atomic mass is 19.4. The number of carbonyl (C=O) groups excluding carboxylic acids is 2. The number of likely N-dealkylation sites (N-methyl/N-ethyl adjacent to an activating group) is 1. The van der Waals surface area contributed by atoms with Crippen molar-refractivity contribution in [3.8, 4) is 11.1 Å². The van der Waals surface area contributed by atoms with Gasteiger partial charge in [0.1, 0.15) is 6.26 Å². The Hall–Kier alpha value is -4.35. The van der Waals surface area contributed by atoms with Crippen LogP contribution in [0.4, 0.5) is 18.9 Å². The molecule has 0 atom stereocenters. The number of nitrogens with one attached hydrogen (secondary N) is 1. The van der Waals surface area contributed by atoms with Crippen LogP contribution in [-0.4, -0.2) is 64.4 Å². The number of alkyl halides is 3. The lowest BCUT2D eigenvalue weighted by Gasteiger charge is -2.34. The SMILES string of the molecule is CCN1CCN(Cc2ccc(CC(=O)c3ccc(C)c(NC(=O)c4cncc(-c5cnoc5)c4)c3)cc2C(F)(F)F)CC1. The molecule has 43 heavy (non-hydrogen) atoms. The van der Waals surface area contributed by atoms with E-state index in [1.54, 1.807) is 43.5 Å². The Balaban J connectivity index is 1.29. The minimum Gasteiger partial charge on any atom is -0.364 e. The lowest BCUT2D eigenvalue weighted by Crippen LogP contribution is -2.45. The van der Waals surface area contributed by atoms with Crippen LogP contribution in [0.5, 0.6) is 0 Å². The Kier molecular flexibility index (Phi) is 9.02. The van der Waals surface area contributed by atoms with Crippen molar-refractivity contribution < 1.29 is 27.3 Å². The molecule has 1 saturated heterocycles. The Morgan fingerprint density at radius 2 is 1.70 bits per heavy atom. The number of halogens is 3. The van der Waals surface area contributed by atoms with Crippen LogP contribution in [0.2, 0.25) is 0 Å². The van der Waals surface area contributed by atoms with Gasteiger partial charge in [0.15, 0.2) is 5.78 Å². The summed E-state index contributed by atoms with van der Waals surface area (Å²) in [5.74, 6) is -0.789. The van der Waals surface area contributed by atoms with Gasteiger partial charge in [0.25, 0.3) is 5.91 Å². The van der Waals surface area contributed by atoms with Crippen molar-refractivity contribution in [2.75, 3.05) is 38.0 Å². The van der Waals surface area contributed by atoms with Crippen LogP contribution in [0, 0.1) is 6.92 Å². The van der Waals surface area contributed by atoms with E-state index in [0.29, 0.717) is 35.5 Å². The van der Waals surface area contributed by atoms with E-state index in [9.17, 15) is 22.8 Å². The number of aryl methyl sites for hydroxylation is 1. The fourth-order valence-electron chi connectivity index (χ4n) is 5.12. The zero-order valence-corrected chi connectivity index (χ0v) is 23.9. The van der Waals surface area contributed by atoms with Crippen LogP contribution in [0.3, 0.4) is 0 Å². The Bertz CT molecular complexity index is 1600. The van der Waals surface area contributed by atoms with Crippen molar-refractivity contribution in [2.45, 2.75) is 33.0 Å². The number of anilines is 1. The third-order valence-corrected chi connectivity index (χ3v) is 7.72. The molecule has 0 unspecified atom stereocenters. The minimum atomic E-state index is -4.54. The van der Waals surface area contributed by atoms with Crippen molar-refractivity contribution in [1.29, 1.82) is 0 Å². The smallest absolute Gasteiger partial charge is 0.364 e. The largest absolute Gasteiger partial charge is 0.416 e. The number of Topliss-reactive ketones (excluding diaryl/α,β-unsaturated/α-hetero) is 1. The fourth-order valence-corrected chi connectivity index (χ4v) is 5.12. The zero-order chi connectivity index (χ0) is 30.6. The number of rotatable bonds is 9. The summed E-state index contributed by atoms with van der Waals surface area (Å²) in [6.45, 7) is 8.07. The second-order valence-corrected chi connectivity index (χ2v) is 10.7. The van der Waals surface area contributed by atoms with Crippen LogP contribution >= 0.6 is 0 Å². The summed E-state index contributed by atoms with van der Waals surface area (Å²) in [5, 5.41) is 6.48. The highest BCUT2D eigenvalue weighted by molar-refractivity contribution is 6.06. The van der Waals surface area contributed by atoms with E-state index in [-0.39, 0.29) is 35.4 Å². The van der Waals surface area contributed by atoms with Gasteiger partial charge in [0.05, 0.1) is 17.3 Å². The maximum Gasteiger partial charge on any atom is 0.416 e. The van der Waals surface area contributed by atoms with Gasteiger partial charge < -0.3 is 14.7 Å². The third-order valence-electron chi connectivity index (χ3n) is 7.72. The number of aromatic nitrogens is 2. The van der Waals surface area contributed by atoms with Gasteiger partial charge in [-0.15, -0.1) is 0 Å². The fraction of sp³-hybridized carbons (Fsp3) is 0.312. The number of pyridine rings is 1. The van der Waals surface area contributed by atoms with Crippen molar-refractivity contribution >= 4 is 17.4 Å². The quantitative estimate of drug-likeness (QED) is 0.243. The lowest BCUT2D eigenvalue weighted by atomic mass is 9.97. The molecule has 2 aromatic carbocycles. The van der Waals surface area contributed by atoms with Crippen LogP contribution in [0.15, 0.2) is 71.8 Å². The zero-order valence-electron chi connectivity index (χ0n) is 23.9. The first-order chi connectivity index (χ1) is 20.6. The number of nitrogens with zero attached hydrogens (tertiary/aromatic N) is 4. The second kappa shape index (κ2) is 12.9. The average Bonchev–Trinajstić information content (AvgIpc) is 3.54. The predicted octanol–water partition coefficient (Wildman–Crippen LogP) is 5.88. The molecule has 1 amide bonds. The molecule has 0 bridgehead atoms. The number of carbonyl (C=O) groups is 2. The van der Waals surface area contributed by atoms with Gasteiger partial charge >= 0.3 is 6.18 Å². The standard InChI is InChI=1S/C32H32F3N5O3/c1-3-39-8-10-40(11-9-39)19-24-7-5-22(12-28(24)32(33,34)35)13-30(41)23-6-4-21(2)29(15-23)38-31(42)26-14-25(16-36-17-26)27-18-37-43-20-27/h4-7,12,14-18,20H,3,8-11,13,19H2,1-2H3,(H,38,42). The molecule has 1 N–H and O–H groups in total. The van der Waals surface area contributed by atoms with Crippen LogP contribution in [0.25, 0.3) is 11.1 Å². The molecule has 2 aromatic heterocycles. The van der Waals surface area contributed by atoms with Crippen molar-refractivity contribution in [3.63, 3.8) is 0 Å². The van der Waals surface area contributed by atoms with Gasteiger partial charge in [0, 0.05) is 73.9 Å². The first-order valence-electron chi connectivity index (χ1n) is 14.0. The first-order valence-corrected chi connectivity index (χ1v) is 14.0. The van der Waals surface area contributed by atoms with E-state index in [4.69, 9.17) is 4.52 Å². The summed E-state index contributed by atoms with van der Waals surface area (Å²) in [6.07, 6.45) is 1.21. The Morgan fingerprint density at radius 1 is 0.930 bits per heavy atom. The number of ketones is 1. The molecule has 0 aliphatic carbocycles. The molecular weight excluding hydrogens is 559 g/mol. The highest BCUT2D eigenvalue weighted by Gasteiger charge is 2.34. The normalized spacial score (nSPS) is 14.5. The molecule has 4 aromatic rings. The topological polar surface area (TPSA) is 91.6 Å². The molecular formula is C32H32F3N5O3. The molecule has 5 rings (SSSR count). The summed E-state index contributed by atoms with van der Waals surface area (Å²) in [5.41, 5.74) is 2.80. The van der Waals surface area contributed by atoms with Crippen molar-refractivity contribution in [2.24, 2.45) is 0 Å². The molecule has 0 radical (unpaired) electrons. The van der Waals surface area contributed by atoms with E-state index in [1.165, 1.54) is 24.7 Å². The maximum absolute atomic E-state index is 14.1. The third kappa shape index (κ3) is 7.36. The van der Waals surface area contributed by atoms with E-state index in [1.807, 2.05) is 4.90 Å². The molecule has 0 spiro atoms. The number of hydrogen-bond acceptors (Lipinski definition) is 7. The van der Waals surface area contributed by atoms with Gasteiger partial charge in [-0.2, -0.15) is 13.2 Å². The highest BCUT2D eigenvalue weighted by Crippen LogP contribution is 2.34. The van der Waals surface area contributed by atoms with Gasteiger partial charge in [-0.05, 0) is 48.4 Å². The van der Waals surface area contributed by atoms with Crippen molar-refractivity contribution in [3.05, 3.63) is 101 Å². The summed E-state index contributed by atoms with van der Waals surface area (Å²) in [4.78, 5) is 34.6. The van der Waals surface area contributed by atoms with Gasteiger partial charge in [0.2, 0.25) is 0 Å². The maximum atomic E-state index is 14.1. The number of amides is 1. The van der Waals surface area contributed by atoms with Crippen LogP contribution in [-0.2, 0) is 19.1 Å². The summed E-state index contributed by atoms with van der Waals surface area (Å²) >= 11 is 0. The molecule has 1 fully saturated rings. The Morgan fingerprint density at radius 3 is 2.40 bits per heavy atom. The second-order valence-electron chi connectivity index (χ2n) is 10.7. The monoisotopic (exact) mass is 591 g/mol. The van der Waals surface area contributed by atoms with E-state index >= 15 is 0 Å². The number of hydrogen-bond donors (Lipinski definition) is 1. The molecule has 11 heteroatoms. The van der Waals surface area contributed by atoms with E-state index in [0.717, 1.165) is 31.3 Å². The van der Waals surface area contributed by atoms with Gasteiger partial charge in [-0.25, -0.2) is 0 Å². The van der Waals surface area contributed by atoms with E-state index in [2.05, 4.69) is 27.3 Å². The molecule has 224 valence electrons. The van der Waals surface area contributed by atoms with Crippen LogP contribution in [0.1, 0.15) is 49.9 Å². The number of benzene rings is 2.